The number of piperidine rings is 1. The summed E-state index contributed by atoms with van der Waals surface area (Å²) >= 11 is 0. The molecule has 2 N–H and O–H groups in total. The fourth-order valence-corrected chi connectivity index (χ4v) is 2.30. The van der Waals surface area contributed by atoms with Crippen molar-refractivity contribution in [3.63, 3.8) is 0 Å². The summed E-state index contributed by atoms with van der Waals surface area (Å²) in [5.74, 6) is 0.121. The van der Waals surface area contributed by atoms with Crippen molar-refractivity contribution in [1.82, 2.24) is 10.6 Å². The summed E-state index contributed by atoms with van der Waals surface area (Å²) in [6.45, 7) is 7.95. The van der Waals surface area contributed by atoms with E-state index in [1.807, 2.05) is 13.0 Å². The summed E-state index contributed by atoms with van der Waals surface area (Å²) in [6.07, 6.45) is 4.31. The lowest BCUT2D eigenvalue weighted by atomic mass is 9.78. The van der Waals surface area contributed by atoms with Crippen LogP contribution in [0.5, 0.6) is 0 Å². The molecule has 1 rings (SSSR count). The van der Waals surface area contributed by atoms with E-state index in [4.69, 9.17) is 4.74 Å². The maximum absolute atomic E-state index is 12.3. The maximum Gasteiger partial charge on any atom is 0.228 e. The van der Waals surface area contributed by atoms with E-state index < -0.39 is 0 Å². The zero-order valence-corrected chi connectivity index (χ0v) is 12.1. The molecule has 0 spiro atoms. The highest BCUT2D eigenvalue weighted by molar-refractivity contribution is 5.85. The van der Waals surface area contributed by atoms with E-state index in [-0.39, 0.29) is 29.8 Å². The predicted octanol–water partition coefficient (Wildman–Crippen LogP) is 1.51. The van der Waals surface area contributed by atoms with Gasteiger partial charge in [0.15, 0.2) is 0 Å². The summed E-state index contributed by atoms with van der Waals surface area (Å²) in [6, 6.07) is 0.142. The first kappa shape index (κ1) is 17.4. The summed E-state index contributed by atoms with van der Waals surface area (Å²) in [7, 11) is 1.66. The third-order valence-corrected chi connectivity index (χ3v) is 3.36. The van der Waals surface area contributed by atoms with E-state index in [1.165, 1.54) is 0 Å². The van der Waals surface area contributed by atoms with Gasteiger partial charge in [-0.05, 0) is 39.3 Å². The van der Waals surface area contributed by atoms with Crippen LogP contribution < -0.4 is 10.6 Å². The Labute approximate surface area is 116 Å². The lowest BCUT2D eigenvalue weighted by Crippen LogP contribution is -2.51. The van der Waals surface area contributed by atoms with Gasteiger partial charge in [-0.3, -0.25) is 4.79 Å². The highest BCUT2D eigenvalue weighted by Gasteiger charge is 2.39. The van der Waals surface area contributed by atoms with Crippen molar-refractivity contribution in [2.75, 3.05) is 26.8 Å². The monoisotopic (exact) mass is 276 g/mol. The molecule has 0 aliphatic carbocycles. The molecule has 5 heteroatoms. The van der Waals surface area contributed by atoms with E-state index in [9.17, 15) is 4.79 Å². The van der Waals surface area contributed by atoms with Crippen LogP contribution in [0.4, 0.5) is 0 Å². The van der Waals surface area contributed by atoms with Crippen molar-refractivity contribution in [3.05, 3.63) is 12.7 Å². The van der Waals surface area contributed by atoms with Gasteiger partial charge in [0.1, 0.15) is 0 Å². The zero-order chi connectivity index (χ0) is 12.7. The number of hydrogen-bond acceptors (Lipinski definition) is 3. The molecule has 1 heterocycles. The first-order valence-electron chi connectivity index (χ1n) is 6.26. The Hall–Kier alpha value is -0.580. The molecule has 1 aliphatic heterocycles. The van der Waals surface area contributed by atoms with Gasteiger partial charge in [0.25, 0.3) is 0 Å². The summed E-state index contributed by atoms with van der Waals surface area (Å²) in [5, 5.41) is 6.34. The van der Waals surface area contributed by atoms with Crippen LogP contribution in [-0.4, -0.2) is 38.8 Å². The van der Waals surface area contributed by atoms with Crippen molar-refractivity contribution >= 4 is 18.3 Å². The molecule has 1 saturated heterocycles. The molecule has 0 saturated carbocycles. The zero-order valence-electron chi connectivity index (χ0n) is 11.3. The van der Waals surface area contributed by atoms with Gasteiger partial charge in [-0.25, -0.2) is 0 Å². The van der Waals surface area contributed by atoms with Crippen molar-refractivity contribution in [2.45, 2.75) is 32.2 Å². The van der Waals surface area contributed by atoms with Gasteiger partial charge in [0.05, 0.1) is 12.0 Å². The number of nitrogens with one attached hydrogen (secondary N) is 2. The highest BCUT2D eigenvalue weighted by Crippen LogP contribution is 2.29. The number of hydrogen-bond donors (Lipinski definition) is 2. The maximum atomic E-state index is 12.3. The standard InChI is InChI=1S/C13H24N2O2.ClH/c1-4-5-11(2)15-12(16)13(10-17-3)6-8-14-9-7-13;/h4,11,14H,1,5-10H2,2-3H3,(H,15,16);1H. The third kappa shape index (κ3) is 4.59. The van der Waals surface area contributed by atoms with Crippen molar-refractivity contribution in [2.24, 2.45) is 5.41 Å². The van der Waals surface area contributed by atoms with E-state index in [2.05, 4.69) is 17.2 Å². The minimum absolute atomic E-state index is 0. The van der Waals surface area contributed by atoms with Crippen LogP contribution in [-0.2, 0) is 9.53 Å². The summed E-state index contributed by atoms with van der Waals surface area (Å²) in [5.41, 5.74) is -0.352. The Morgan fingerprint density at radius 1 is 1.56 bits per heavy atom. The summed E-state index contributed by atoms with van der Waals surface area (Å²) < 4.78 is 5.24. The second-order valence-corrected chi connectivity index (χ2v) is 4.86. The molecule has 1 atom stereocenters. The number of methoxy groups -OCH3 is 1. The van der Waals surface area contributed by atoms with Gasteiger partial charge in [-0.1, -0.05) is 6.08 Å². The molecule has 0 radical (unpaired) electrons. The van der Waals surface area contributed by atoms with Crippen LogP contribution in [0.15, 0.2) is 12.7 Å². The van der Waals surface area contributed by atoms with E-state index in [1.54, 1.807) is 7.11 Å². The van der Waals surface area contributed by atoms with E-state index in [0.29, 0.717) is 6.61 Å². The molecule has 4 nitrogen and oxygen atoms in total. The van der Waals surface area contributed by atoms with E-state index in [0.717, 1.165) is 32.4 Å². The fraction of sp³-hybridized carbons (Fsp3) is 0.769. The molecular formula is C13H25ClN2O2. The molecule has 0 aromatic carbocycles. The van der Waals surface area contributed by atoms with Crippen LogP contribution in [0.1, 0.15) is 26.2 Å². The van der Waals surface area contributed by atoms with E-state index >= 15 is 0 Å². The van der Waals surface area contributed by atoms with Crippen LogP contribution in [0.3, 0.4) is 0 Å². The second-order valence-electron chi connectivity index (χ2n) is 4.86. The lowest BCUT2D eigenvalue weighted by molar-refractivity contribution is -0.136. The first-order chi connectivity index (χ1) is 8.14. The number of ether oxygens (including phenoxy) is 1. The Bertz CT molecular complexity index is 260. The largest absolute Gasteiger partial charge is 0.384 e. The Morgan fingerprint density at radius 3 is 2.67 bits per heavy atom. The smallest absolute Gasteiger partial charge is 0.228 e. The quantitative estimate of drug-likeness (QED) is 0.723. The first-order valence-corrected chi connectivity index (χ1v) is 6.26. The normalized spacial score (nSPS) is 19.4. The van der Waals surface area contributed by atoms with Crippen molar-refractivity contribution in [3.8, 4) is 0 Å². The molecule has 1 fully saturated rings. The summed E-state index contributed by atoms with van der Waals surface area (Å²) in [4.78, 5) is 12.3. The fourth-order valence-electron chi connectivity index (χ4n) is 2.30. The van der Waals surface area contributed by atoms with Gasteiger partial charge in [0, 0.05) is 13.2 Å². The molecule has 1 amide bonds. The number of rotatable bonds is 6. The molecule has 0 aromatic rings. The lowest BCUT2D eigenvalue weighted by Gasteiger charge is -2.36. The van der Waals surface area contributed by atoms with Crippen LogP contribution >= 0.6 is 12.4 Å². The molecule has 18 heavy (non-hydrogen) atoms. The Balaban J connectivity index is 0.00000289. The molecule has 106 valence electrons. The number of carbonyl (C=O) groups is 1. The Kier molecular flexibility index (Phi) is 8.24. The average Bonchev–Trinajstić information content (AvgIpc) is 2.30. The van der Waals surface area contributed by atoms with Gasteiger partial charge >= 0.3 is 0 Å². The van der Waals surface area contributed by atoms with Gasteiger partial charge < -0.3 is 15.4 Å². The van der Waals surface area contributed by atoms with Crippen molar-refractivity contribution < 1.29 is 9.53 Å². The SMILES string of the molecule is C=CCC(C)NC(=O)C1(COC)CCNCC1.Cl. The van der Waals surface area contributed by atoms with Gasteiger partial charge in [0.2, 0.25) is 5.91 Å². The van der Waals surface area contributed by atoms with Crippen LogP contribution in [0.2, 0.25) is 0 Å². The highest BCUT2D eigenvalue weighted by atomic mass is 35.5. The molecule has 0 aromatic heterocycles. The minimum Gasteiger partial charge on any atom is -0.384 e. The minimum atomic E-state index is -0.352. The molecule has 0 bridgehead atoms. The molecule has 1 unspecified atom stereocenters. The van der Waals surface area contributed by atoms with Gasteiger partial charge in [-0.15, -0.1) is 19.0 Å². The molecular weight excluding hydrogens is 252 g/mol. The second kappa shape index (κ2) is 8.51. The number of amides is 1. The average molecular weight is 277 g/mol. The third-order valence-electron chi connectivity index (χ3n) is 3.36. The number of halogens is 1. The van der Waals surface area contributed by atoms with Crippen LogP contribution in [0.25, 0.3) is 0 Å². The topological polar surface area (TPSA) is 50.4 Å². The predicted molar refractivity (Wildman–Crippen MR) is 76.1 cm³/mol. The van der Waals surface area contributed by atoms with Gasteiger partial charge in [-0.2, -0.15) is 0 Å². The molecule has 1 aliphatic rings. The van der Waals surface area contributed by atoms with Crippen LogP contribution in [0, 0.1) is 5.41 Å². The number of carbonyl (C=O) groups excluding carboxylic acids is 1. The van der Waals surface area contributed by atoms with Crippen molar-refractivity contribution in [1.29, 1.82) is 0 Å². The Morgan fingerprint density at radius 2 is 2.17 bits per heavy atom.